The van der Waals surface area contributed by atoms with Crippen molar-refractivity contribution in [1.82, 2.24) is 4.98 Å². The molecule has 2 heterocycles. The summed E-state index contributed by atoms with van der Waals surface area (Å²) in [5, 5.41) is 2.74. The average Bonchev–Trinajstić information content (AvgIpc) is 2.25. The molecule has 3 N–H and O–H groups in total. The van der Waals surface area contributed by atoms with Crippen molar-refractivity contribution in [2.24, 2.45) is 5.73 Å². The Hall–Kier alpha value is -1.62. The van der Waals surface area contributed by atoms with Gasteiger partial charge < -0.3 is 16.0 Å². The van der Waals surface area contributed by atoms with E-state index in [9.17, 15) is 4.79 Å². The quantitative estimate of drug-likeness (QED) is 0.740. The van der Waals surface area contributed by atoms with Crippen molar-refractivity contribution in [3.05, 3.63) is 18.3 Å². The highest BCUT2D eigenvalue weighted by Gasteiger charge is 2.21. The molecule has 0 saturated carbocycles. The van der Waals surface area contributed by atoms with E-state index >= 15 is 0 Å². The summed E-state index contributed by atoms with van der Waals surface area (Å²) < 4.78 is 0. The predicted octanol–water partition coefficient (Wildman–Crippen LogP) is 0.189. The van der Waals surface area contributed by atoms with Crippen molar-refractivity contribution in [1.29, 1.82) is 0 Å². The zero-order valence-corrected chi connectivity index (χ0v) is 8.44. The highest BCUT2D eigenvalue weighted by atomic mass is 16.2. The summed E-state index contributed by atoms with van der Waals surface area (Å²) in [6.07, 6.45) is 2.55. The smallest absolute Gasteiger partial charge is 0.245 e. The molecule has 1 amide bonds. The van der Waals surface area contributed by atoms with Gasteiger partial charge in [-0.15, -0.1) is 0 Å². The predicted molar refractivity (Wildman–Crippen MR) is 58.8 cm³/mol. The lowest BCUT2D eigenvalue weighted by Crippen LogP contribution is -2.39. The molecule has 1 aromatic heterocycles. The van der Waals surface area contributed by atoms with Gasteiger partial charge in [-0.05, 0) is 25.1 Å². The summed E-state index contributed by atoms with van der Waals surface area (Å²) >= 11 is 0. The molecule has 5 heteroatoms. The number of hydrogen-bond acceptors (Lipinski definition) is 4. The van der Waals surface area contributed by atoms with E-state index in [0.717, 1.165) is 18.7 Å². The van der Waals surface area contributed by atoms with E-state index in [1.807, 2.05) is 17.0 Å². The van der Waals surface area contributed by atoms with E-state index in [1.54, 1.807) is 6.20 Å². The molecular weight excluding hydrogens is 192 g/mol. The van der Waals surface area contributed by atoms with Crippen LogP contribution in [0.2, 0.25) is 0 Å². The number of pyridine rings is 1. The molecule has 5 nitrogen and oxygen atoms in total. The van der Waals surface area contributed by atoms with E-state index < -0.39 is 0 Å². The van der Waals surface area contributed by atoms with Gasteiger partial charge >= 0.3 is 0 Å². The van der Waals surface area contributed by atoms with Crippen molar-refractivity contribution < 1.29 is 4.79 Å². The maximum atomic E-state index is 11.4. The molecule has 2 rings (SSSR count). The van der Waals surface area contributed by atoms with Crippen LogP contribution in [-0.4, -0.2) is 30.5 Å². The van der Waals surface area contributed by atoms with Crippen LogP contribution in [0, 0.1) is 0 Å². The second-order valence-electron chi connectivity index (χ2n) is 3.48. The summed E-state index contributed by atoms with van der Waals surface area (Å²) in [6, 6.07) is 3.82. The maximum Gasteiger partial charge on any atom is 0.245 e. The van der Waals surface area contributed by atoms with Gasteiger partial charge in [-0.1, -0.05) is 0 Å². The Morgan fingerprint density at radius 3 is 3.27 bits per heavy atom. The van der Waals surface area contributed by atoms with Gasteiger partial charge in [0.1, 0.15) is 0 Å². The van der Waals surface area contributed by atoms with E-state index in [1.165, 1.54) is 0 Å². The fourth-order valence-corrected chi connectivity index (χ4v) is 1.66. The van der Waals surface area contributed by atoms with Crippen LogP contribution in [-0.2, 0) is 4.79 Å². The van der Waals surface area contributed by atoms with Crippen molar-refractivity contribution in [3.8, 4) is 0 Å². The topological polar surface area (TPSA) is 71.2 Å². The number of hydrogen-bond donors (Lipinski definition) is 2. The van der Waals surface area contributed by atoms with Gasteiger partial charge in [0.05, 0.1) is 12.2 Å². The van der Waals surface area contributed by atoms with E-state index in [4.69, 9.17) is 5.73 Å². The molecule has 1 aliphatic heterocycles. The Morgan fingerprint density at radius 1 is 1.60 bits per heavy atom. The van der Waals surface area contributed by atoms with Crippen LogP contribution in [0.15, 0.2) is 18.3 Å². The number of anilines is 2. The van der Waals surface area contributed by atoms with Crippen molar-refractivity contribution in [2.75, 3.05) is 29.9 Å². The molecule has 80 valence electrons. The summed E-state index contributed by atoms with van der Waals surface area (Å²) in [5.74, 6) is 0.629. The Morgan fingerprint density at radius 2 is 2.47 bits per heavy atom. The lowest BCUT2D eigenvalue weighted by molar-refractivity contribution is -0.115. The molecular formula is C10H14N4O. The number of fused-ring (bicyclic) bond motifs is 1. The number of amides is 1. The van der Waals surface area contributed by atoms with Crippen LogP contribution < -0.4 is 16.0 Å². The van der Waals surface area contributed by atoms with Gasteiger partial charge in [0.25, 0.3) is 0 Å². The first-order chi connectivity index (χ1) is 7.31. The molecule has 15 heavy (non-hydrogen) atoms. The van der Waals surface area contributed by atoms with Gasteiger partial charge in [0.2, 0.25) is 5.91 Å². The third-order valence-electron chi connectivity index (χ3n) is 2.35. The normalized spacial score (nSPS) is 14.7. The largest absolute Gasteiger partial charge is 0.359 e. The average molecular weight is 206 g/mol. The monoisotopic (exact) mass is 206 g/mol. The number of aromatic nitrogens is 1. The van der Waals surface area contributed by atoms with Crippen LogP contribution >= 0.6 is 0 Å². The maximum absolute atomic E-state index is 11.4. The molecule has 0 saturated heterocycles. The van der Waals surface area contributed by atoms with Crippen LogP contribution in [0.3, 0.4) is 0 Å². The van der Waals surface area contributed by atoms with Crippen LogP contribution in [0.25, 0.3) is 0 Å². The SMILES string of the molecule is NCCCN1CC(=O)Nc2ncccc21. The second kappa shape index (κ2) is 4.27. The zero-order chi connectivity index (χ0) is 10.7. The van der Waals surface area contributed by atoms with Crippen LogP contribution in [0.4, 0.5) is 11.5 Å². The minimum Gasteiger partial charge on any atom is -0.359 e. The fourth-order valence-electron chi connectivity index (χ4n) is 1.66. The number of nitrogens with zero attached hydrogens (tertiary/aromatic N) is 2. The third-order valence-corrected chi connectivity index (χ3v) is 2.35. The minimum absolute atomic E-state index is 0.0155. The summed E-state index contributed by atoms with van der Waals surface area (Å²) in [5.41, 5.74) is 6.43. The number of carbonyl (C=O) groups excluding carboxylic acids is 1. The fraction of sp³-hybridized carbons (Fsp3) is 0.400. The highest BCUT2D eigenvalue weighted by Crippen LogP contribution is 2.26. The first kappa shape index (κ1) is 9.92. The van der Waals surface area contributed by atoms with E-state index in [-0.39, 0.29) is 5.91 Å². The highest BCUT2D eigenvalue weighted by molar-refractivity contribution is 5.99. The molecule has 0 fully saturated rings. The minimum atomic E-state index is -0.0155. The molecule has 1 aliphatic rings. The van der Waals surface area contributed by atoms with Crippen LogP contribution in [0.1, 0.15) is 6.42 Å². The Kier molecular flexibility index (Phi) is 2.82. The van der Waals surface area contributed by atoms with Gasteiger partial charge in [0.15, 0.2) is 5.82 Å². The molecule has 0 aromatic carbocycles. The van der Waals surface area contributed by atoms with Crippen molar-refractivity contribution in [3.63, 3.8) is 0 Å². The second-order valence-corrected chi connectivity index (χ2v) is 3.48. The molecule has 0 aliphatic carbocycles. The zero-order valence-electron chi connectivity index (χ0n) is 8.44. The number of rotatable bonds is 3. The molecule has 1 aromatic rings. The number of carbonyl (C=O) groups is 1. The Balaban J connectivity index is 2.22. The van der Waals surface area contributed by atoms with Crippen LogP contribution in [0.5, 0.6) is 0 Å². The van der Waals surface area contributed by atoms with E-state index in [0.29, 0.717) is 18.9 Å². The Bertz CT molecular complexity index is 366. The van der Waals surface area contributed by atoms with Crippen molar-refractivity contribution in [2.45, 2.75) is 6.42 Å². The standard InChI is InChI=1S/C10H14N4O/c11-4-2-6-14-7-9(15)13-10-8(14)3-1-5-12-10/h1,3,5H,2,4,6-7,11H2,(H,12,13,15). The van der Waals surface area contributed by atoms with Gasteiger partial charge in [0, 0.05) is 12.7 Å². The first-order valence-corrected chi connectivity index (χ1v) is 5.01. The molecule has 0 radical (unpaired) electrons. The molecule has 0 bridgehead atoms. The van der Waals surface area contributed by atoms with Gasteiger partial charge in [-0.2, -0.15) is 0 Å². The van der Waals surface area contributed by atoms with Crippen molar-refractivity contribution >= 4 is 17.4 Å². The number of nitrogens with one attached hydrogen (secondary N) is 1. The summed E-state index contributed by atoms with van der Waals surface area (Å²) in [7, 11) is 0. The lowest BCUT2D eigenvalue weighted by Gasteiger charge is -2.29. The first-order valence-electron chi connectivity index (χ1n) is 5.01. The van der Waals surface area contributed by atoms with E-state index in [2.05, 4.69) is 10.3 Å². The molecule has 0 atom stereocenters. The van der Waals surface area contributed by atoms with Gasteiger partial charge in [-0.25, -0.2) is 4.98 Å². The summed E-state index contributed by atoms with van der Waals surface area (Å²) in [4.78, 5) is 17.5. The molecule has 0 unspecified atom stereocenters. The summed E-state index contributed by atoms with van der Waals surface area (Å²) in [6.45, 7) is 1.81. The molecule has 0 spiro atoms. The number of nitrogens with two attached hydrogens (primary N) is 1. The lowest BCUT2D eigenvalue weighted by atomic mass is 10.2. The third kappa shape index (κ3) is 2.07. The Labute approximate surface area is 88.3 Å². The van der Waals surface area contributed by atoms with Gasteiger partial charge in [-0.3, -0.25) is 4.79 Å².